The van der Waals surface area contributed by atoms with Crippen molar-refractivity contribution in [2.24, 2.45) is 11.7 Å². The van der Waals surface area contributed by atoms with E-state index in [1.165, 1.54) is 12.1 Å². The van der Waals surface area contributed by atoms with Gasteiger partial charge in [-0.3, -0.25) is 4.79 Å². The number of aryl methyl sites for hydroxylation is 1. The molecule has 3 amide bonds. The molecule has 0 aliphatic heterocycles. The maximum Gasteiger partial charge on any atom is 0.315 e. The number of carbonyl (C=O) groups is 2. The monoisotopic (exact) mass is 369 g/mol. The van der Waals surface area contributed by atoms with Crippen LogP contribution in [0.3, 0.4) is 0 Å². The van der Waals surface area contributed by atoms with Crippen molar-refractivity contribution in [2.45, 2.75) is 58.4 Å². The van der Waals surface area contributed by atoms with Crippen LogP contribution < -0.4 is 16.4 Å². The van der Waals surface area contributed by atoms with Crippen LogP contribution in [0.4, 0.5) is 13.6 Å². The predicted molar refractivity (Wildman–Crippen MR) is 97.5 cm³/mol. The van der Waals surface area contributed by atoms with Crippen LogP contribution in [0.1, 0.15) is 51.5 Å². The highest BCUT2D eigenvalue weighted by atomic mass is 19.1. The Balaban J connectivity index is 2.35. The average molecular weight is 369 g/mol. The Morgan fingerprint density at radius 2 is 1.69 bits per heavy atom. The second kappa shape index (κ2) is 11.4. The van der Waals surface area contributed by atoms with Gasteiger partial charge < -0.3 is 16.4 Å². The maximum absolute atomic E-state index is 13.2. The van der Waals surface area contributed by atoms with Gasteiger partial charge in [-0.1, -0.05) is 33.1 Å². The van der Waals surface area contributed by atoms with E-state index in [9.17, 15) is 18.4 Å². The van der Waals surface area contributed by atoms with Gasteiger partial charge in [-0.15, -0.1) is 0 Å². The van der Waals surface area contributed by atoms with E-state index in [1.807, 2.05) is 0 Å². The summed E-state index contributed by atoms with van der Waals surface area (Å²) in [6, 6.07) is 1.80. The Morgan fingerprint density at radius 1 is 1.04 bits per heavy atom. The molecule has 0 bridgehead atoms. The molecule has 0 aliphatic carbocycles. The standard InChI is InChI=1S/C19H29F2N3O2/c1-13(2)6-4-3-5-9-23-19(26)24-17(18(22)25)8-7-14-10-15(20)12-16(21)11-14/h10-13,17H,3-9H2,1-2H3,(H2,22,25)(H2,23,24,26). The fourth-order valence-electron chi connectivity index (χ4n) is 2.62. The van der Waals surface area contributed by atoms with E-state index in [2.05, 4.69) is 24.5 Å². The van der Waals surface area contributed by atoms with Crippen molar-refractivity contribution in [1.82, 2.24) is 10.6 Å². The summed E-state index contributed by atoms with van der Waals surface area (Å²) in [6.07, 6.45) is 4.57. The van der Waals surface area contributed by atoms with Crippen LogP contribution in [0.5, 0.6) is 0 Å². The summed E-state index contributed by atoms with van der Waals surface area (Å²) >= 11 is 0. The number of hydrogen-bond acceptors (Lipinski definition) is 2. The summed E-state index contributed by atoms with van der Waals surface area (Å²) in [4.78, 5) is 23.4. The van der Waals surface area contributed by atoms with Crippen LogP contribution in [-0.4, -0.2) is 24.5 Å². The number of unbranched alkanes of at least 4 members (excludes halogenated alkanes) is 2. The lowest BCUT2D eigenvalue weighted by molar-refractivity contribution is -0.119. The number of halogens is 2. The first kappa shape index (κ1) is 21.9. The number of amides is 3. The van der Waals surface area contributed by atoms with Gasteiger partial charge in [0.25, 0.3) is 0 Å². The van der Waals surface area contributed by atoms with E-state index < -0.39 is 29.6 Å². The molecule has 1 atom stereocenters. The number of primary amides is 1. The number of nitrogens with one attached hydrogen (secondary N) is 2. The molecule has 5 nitrogen and oxygen atoms in total. The topological polar surface area (TPSA) is 84.2 Å². The molecule has 1 rings (SSSR count). The maximum atomic E-state index is 13.2. The first-order valence-electron chi connectivity index (χ1n) is 9.06. The molecule has 7 heteroatoms. The summed E-state index contributed by atoms with van der Waals surface area (Å²) in [5.41, 5.74) is 5.71. The van der Waals surface area contributed by atoms with Gasteiger partial charge in [-0.2, -0.15) is 0 Å². The summed E-state index contributed by atoms with van der Waals surface area (Å²) in [5, 5.41) is 5.21. The van der Waals surface area contributed by atoms with Gasteiger partial charge in [0.1, 0.15) is 17.7 Å². The zero-order valence-corrected chi connectivity index (χ0v) is 15.5. The van der Waals surface area contributed by atoms with Crippen molar-refractivity contribution in [3.8, 4) is 0 Å². The summed E-state index contributed by atoms with van der Waals surface area (Å²) in [7, 11) is 0. The van der Waals surface area contributed by atoms with E-state index in [0.29, 0.717) is 18.0 Å². The average Bonchev–Trinajstić information content (AvgIpc) is 2.53. The quantitative estimate of drug-likeness (QED) is 0.523. The van der Waals surface area contributed by atoms with Crippen LogP contribution in [-0.2, 0) is 11.2 Å². The first-order valence-corrected chi connectivity index (χ1v) is 9.06. The molecule has 26 heavy (non-hydrogen) atoms. The summed E-state index contributed by atoms with van der Waals surface area (Å²) < 4.78 is 26.4. The smallest absolute Gasteiger partial charge is 0.315 e. The fourth-order valence-corrected chi connectivity index (χ4v) is 2.62. The Hall–Kier alpha value is -2.18. The largest absolute Gasteiger partial charge is 0.368 e. The predicted octanol–water partition coefficient (Wildman–Crippen LogP) is 3.27. The highest BCUT2D eigenvalue weighted by molar-refractivity contribution is 5.85. The first-order chi connectivity index (χ1) is 12.3. The van der Waals surface area contributed by atoms with Gasteiger partial charge in [-0.25, -0.2) is 13.6 Å². The minimum Gasteiger partial charge on any atom is -0.368 e. The Bertz CT molecular complexity index is 574. The van der Waals surface area contributed by atoms with E-state index in [-0.39, 0.29) is 12.8 Å². The lowest BCUT2D eigenvalue weighted by atomic mass is 10.0. The van der Waals surface area contributed by atoms with Gasteiger partial charge in [0, 0.05) is 12.6 Å². The molecule has 0 fully saturated rings. The van der Waals surface area contributed by atoms with Crippen LogP contribution >= 0.6 is 0 Å². The number of carbonyl (C=O) groups excluding carboxylic acids is 2. The third-order valence-electron chi connectivity index (χ3n) is 4.04. The second-order valence-corrected chi connectivity index (χ2v) is 6.91. The fraction of sp³-hybridized carbons (Fsp3) is 0.579. The van der Waals surface area contributed by atoms with Gasteiger partial charge >= 0.3 is 6.03 Å². The van der Waals surface area contributed by atoms with E-state index >= 15 is 0 Å². The van der Waals surface area contributed by atoms with Crippen LogP contribution in [0, 0.1) is 17.6 Å². The van der Waals surface area contributed by atoms with Crippen molar-refractivity contribution < 1.29 is 18.4 Å². The molecule has 1 unspecified atom stereocenters. The van der Waals surface area contributed by atoms with Gasteiger partial charge in [-0.05, 0) is 42.9 Å². The van der Waals surface area contributed by atoms with Crippen molar-refractivity contribution >= 4 is 11.9 Å². The molecule has 4 N–H and O–H groups in total. The lowest BCUT2D eigenvalue weighted by Crippen LogP contribution is -2.48. The van der Waals surface area contributed by atoms with Crippen molar-refractivity contribution in [2.75, 3.05) is 6.54 Å². The zero-order valence-electron chi connectivity index (χ0n) is 15.5. The number of urea groups is 1. The molecule has 0 saturated carbocycles. The molecule has 1 aromatic rings. The summed E-state index contributed by atoms with van der Waals surface area (Å²) in [6.45, 7) is 4.87. The number of rotatable bonds is 11. The van der Waals surface area contributed by atoms with Gasteiger partial charge in [0.2, 0.25) is 5.91 Å². The molecule has 0 heterocycles. The molecule has 0 aromatic heterocycles. The summed E-state index contributed by atoms with van der Waals surface area (Å²) in [5.74, 6) is -1.37. The molecular weight excluding hydrogens is 340 g/mol. The third-order valence-corrected chi connectivity index (χ3v) is 4.04. The minimum absolute atomic E-state index is 0.167. The number of nitrogens with two attached hydrogens (primary N) is 1. The minimum atomic E-state index is -0.901. The molecule has 0 radical (unpaired) electrons. The van der Waals surface area contributed by atoms with Gasteiger partial charge in [0.05, 0.1) is 0 Å². The Labute approximate surface area is 153 Å². The van der Waals surface area contributed by atoms with Crippen LogP contribution in [0.25, 0.3) is 0 Å². The molecule has 146 valence electrons. The van der Waals surface area contributed by atoms with Gasteiger partial charge in [0.15, 0.2) is 0 Å². The molecule has 1 aromatic carbocycles. The van der Waals surface area contributed by atoms with Crippen molar-refractivity contribution in [1.29, 1.82) is 0 Å². The molecule has 0 saturated heterocycles. The Morgan fingerprint density at radius 3 is 2.27 bits per heavy atom. The highest BCUT2D eigenvalue weighted by Gasteiger charge is 2.18. The number of hydrogen-bond donors (Lipinski definition) is 3. The van der Waals surface area contributed by atoms with Crippen LogP contribution in [0.2, 0.25) is 0 Å². The number of benzene rings is 1. The second-order valence-electron chi connectivity index (χ2n) is 6.91. The van der Waals surface area contributed by atoms with E-state index in [4.69, 9.17) is 5.73 Å². The van der Waals surface area contributed by atoms with E-state index in [0.717, 1.165) is 31.7 Å². The molecule has 0 spiro atoms. The van der Waals surface area contributed by atoms with E-state index in [1.54, 1.807) is 0 Å². The highest BCUT2D eigenvalue weighted by Crippen LogP contribution is 2.11. The van der Waals surface area contributed by atoms with Crippen molar-refractivity contribution in [3.05, 3.63) is 35.4 Å². The normalized spacial score (nSPS) is 12.0. The van der Waals surface area contributed by atoms with Crippen molar-refractivity contribution in [3.63, 3.8) is 0 Å². The Kier molecular flexibility index (Phi) is 9.62. The zero-order chi connectivity index (χ0) is 19.5. The SMILES string of the molecule is CC(C)CCCCCNC(=O)NC(CCc1cc(F)cc(F)c1)C(N)=O. The molecular formula is C19H29F2N3O2. The molecule has 0 aliphatic rings. The third kappa shape index (κ3) is 9.34. The van der Waals surface area contributed by atoms with Crippen LogP contribution in [0.15, 0.2) is 18.2 Å². The lowest BCUT2D eigenvalue weighted by Gasteiger charge is -2.16.